The molecule has 0 aromatic carbocycles. The van der Waals surface area contributed by atoms with Crippen LogP contribution in [-0.2, 0) is 6.54 Å². The molecule has 1 aliphatic carbocycles. The van der Waals surface area contributed by atoms with Crippen molar-refractivity contribution in [2.75, 3.05) is 25.5 Å². The fourth-order valence-corrected chi connectivity index (χ4v) is 5.79. The lowest BCUT2D eigenvalue weighted by Crippen LogP contribution is -2.58. The molecule has 0 amide bonds. The Kier molecular flexibility index (Phi) is 7.90. The third kappa shape index (κ3) is 6.54. The van der Waals surface area contributed by atoms with Gasteiger partial charge in [0.1, 0.15) is 30.1 Å². The third-order valence-corrected chi connectivity index (χ3v) is 8.25. The largest absolute Gasteiger partial charge is 0.489 e. The smallest absolute Gasteiger partial charge is 0.257 e. The standard InChI is InChI=1S/C29H33F4N9O/c1-41-8-5-20(6-9-41)43-21-2-3-23(36-14-21)22-15-37-26(12-29(22,34)19-10-28(32,33)11-19)39-25-4-7-35-27(40-25)18-13-38-42(16-18)17-24(30)31/h2-4,7,13-16,19-20,24H,5-6,8-12,17,34H2,1H3,(H,35,37,39,40). The zero-order chi connectivity index (χ0) is 30.2. The number of halogens is 4. The first kappa shape index (κ1) is 29.2. The quantitative estimate of drug-likeness (QED) is 0.364. The number of pyridine rings is 1. The van der Waals surface area contributed by atoms with Gasteiger partial charge in [0.05, 0.1) is 29.2 Å². The van der Waals surface area contributed by atoms with Gasteiger partial charge in [-0.25, -0.2) is 32.5 Å². The fourth-order valence-electron chi connectivity index (χ4n) is 5.79. The molecule has 6 rings (SSSR count). The molecule has 5 heterocycles. The molecule has 1 unspecified atom stereocenters. The number of alkyl halides is 4. The van der Waals surface area contributed by atoms with E-state index in [0.717, 1.165) is 30.6 Å². The van der Waals surface area contributed by atoms with Crippen LogP contribution in [0.4, 0.5) is 23.4 Å². The number of hydrogen-bond acceptors (Lipinski definition) is 9. The van der Waals surface area contributed by atoms with Crippen LogP contribution in [0.5, 0.6) is 5.75 Å². The summed E-state index contributed by atoms with van der Waals surface area (Å²) in [5.41, 5.74) is 7.42. The first-order chi connectivity index (χ1) is 20.6. The Balaban J connectivity index is 1.21. The highest BCUT2D eigenvalue weighted by Crippen LogP contribution is 2.52. The Hall–Kier alpha value is -3.91. The predicted octanol–water partition coefficient (Wildman–Crippen LogP) is 4.47. The molecule has 2 fully saturated rings. The number of ether oxygens (including phenoxy) is 1. The molecule has 0 spiro atoms. The van der Waals surface area contributed by atoms with E-state index in [1.807, 2.05) is 6.07 Å². The van der Waals surface area contributed by atoms with E-state index >= 15 is 0 Å². The minimum atomic E-state index is -2.76. The van der Waals surface area contributed by atoms with Gasteiger partial charge in [0.15, 0.2) is 5.82 Å². The second-order valence-corrected chi connectivity index (χ2v) is 11.5. The van der Waals surface area contributed by atoms with Gasteiger partial charge in [-0.05, 0) is 44.0 Å². The average molecular weight is 600 g/mol. The summed E-state index contributed by atoms with van der Waals surface area (Å²) in [6.45, 7) is 1.41. The molecule has 0 radical (unpaired) electrons. The molecule has 3 N–H and O–H groups in total. The van der Waals surface area contributed by atoms with E-state index in [4.69, 9.17) is 10.5 Å². The SMILES string of the molecule is CN1CCC(Oc2ccc(C3=CN=C(Nc4ccnc(-c5cnn(CC(F)F)c5)n4)CC3(N)C3CC(F)(F)C3)nc2)CC1. The maximum absolute atomic E-state index is 14.0. The van der Waals surface area contributed by atoms with E-state index in [9.17, 15) is 17.6 Å². The van der Waals surface area contributed by atoms with Gasteiger partial charge >= 0.3 is 0 Å². The van der Waals surface area contributed by atoms with Gasteiger partial charge < -0.3 is 20.7 Å². The average Bonchev–Trinajstić information content (AvgIpc) is 3.42. The molecular weight excluding hydrogens is 566 g/mol. The lowest BCUT2D eigenvalue weighted by molar-refractivity contribution is -0.123. The van der Waals surface area contributed by atoms with Crippen molar-refractivity contribution in [2.24, 2.45) is 16.6 Å². The van der Waals surface area contributed by atoms with E-state index < -0.39 is 30.3 Å². The van der Waals surface area contributed by atoms with Crippen LogP contribution in [0.25, 0.3) is 17.0 Å². The Morgan fingerprint density at radius 1 is 1.12 bits per heavy atom. The number of nitrogens with one attached hydrogen (secondary N) is 1. The van der Waals surface area contributed by atoms with Gasteiger partial charge in [-0.2, -0.15) is 5.10 Å². The molecule has 3 aromatic rings. The highest BCUT2D eigenvalue weighted by molar-refractivity contribution is 6.00. The van der Waals surface area contributed by atoms with Crippen molar-refractivity contribution in [3.8, 4) is 17.1 Å². The normalized spacial score (nSPS) is 23.0. The van der Waals surface area contributed by atoms with E-state index in [1.165, 1.54) is 18.6 Å². The summed E-state index contributed by atoms with van der Waals surface area (Å²) < 4.78 is 60.8. The van der Waals surface area contributed by atoms with Crippen molar-refractivity contribution in [1.29, 1.82) is 0 Å². The molecular formula is C29H33F4N9O. The number of nitrogens with two attached hydrogens (primary N) is 1. The minimum absolute atomic E-state index is 0.123. The van der Waals surface area contributed by atoms with E-state index in [1.54, 1.807) is 24.5 Å². The van der Waals surface area contributed by atoms with Crippen molar-refractivity contribution >= 4 is 17.2 Å². The fraction of sp³-hybridized carbons (Fsp3) is 0.483. The molecule has 228 valence electrons. The van der Waals surface area contributed by atoms with E-state index in [0.29, 0.717) is 34.2 Å². The summed E-state index contributed by atoms with van der Waals surface area (Å²) >= 11 is 0. The summed E-state index contributed by atoms with van der Waals surface area (Å²) in [6, 6.07) is 5.25. The van der Waals surface area contributed by atoms with Crippen LogP contribution >= 0.6 is 0 Å². The molecule has 10 nitrogen and oxygen atoms in total. The first-order valence-corrected chi connectivity index (χ1v) is 14.2. The number of anilines is 1. The molecule has 0 bridgehead atoms. The number of hydrogen-bond donors (Lipinski definition) is 2. The second-order valence-electron chi connectivity index (χ2n) is 11.5. The molecule has 3 aromatic heterocycles. The van der Waals surface area contributed by atoms with Crippen LogP contribution < -0.4 is 15.8 Å². The lowest BCUT2D eigenvalue weighted by Gasteiger charge is -2.48. The Morgan fingerprint density at radius 2 is 1.91 bits per heavy atom. The van der Waals surface area contributed by atoms with Crippen molar-refractivity contribution in [3.63, 3.8) is 0 Å². The van der Waals surface area contributed by atoms with Crippen LogP contribution in [0, 0.1) is 5.92 Å². The van der Waals surface area contributed by atoms with Gasteiger partial charge in [-0.15, -0.1) is 0 Å². The number of aliphatic imine (C=N–C) groups is 1. The zero-order valence-corrected chi connectivity index (χ0v) is 23.6. The second kappa shape index (κ2) is 11.6. The van der Waals surface area contributed by atoms with Crippen molar-refractivity contribution < 1.29 is 22.3 Å². The van der Waals surface area contributed by atoms with Crippen LogP contribution in [0.3, 0.4) is 0 Å². The van der Waals surface area contributed by atoms with Crippen LogP contribution in [-0.4, -0.2) is 79.6 Å². The van der Waals surface area contributed by atoms with Crippen molar-refractivity contribution in [2.45, 2.75) is 62.6 Å². The van der Waals surface area contributed by atoms with Crippen molar-refractivity contribution in [1.82, 2.24) is 29.6 Å². The summed E-state index contributed by atoms with van der Waals surface area (Å²) in [5, 5.41) is 7.06. The Bertz CT molecular complexity index is 1490. The first-order valence-electron chi connectivity index (χ1n) is 14.2. The van der Waals surface area contributed by atoms with Gasteiger partial charge in [-0.1, -0.05) is 0 Å². The van der Waals surface area contributed by atoms with Gasteiger partial charge in [0.2, 0.25) is 5.92 Å². The molecule has 43 heavy (non-hydrogen) atoms. The number of nitrogens with zero attached hydrogens (tertiary/aromatic N) is 7. The summed E-state index contributed by atoms with van der Waals surface area (Å²) in [7, 11) is 2.09. The van der Waals surface area contributed by atoms with E-state index in [2.05, 4.69) is 42.3 Å². The summed E-state index contributed by atoms with van der Waals surface area (Å²) in [6.07, 6.45) is 6.55. The van der Waals surface area contributed by atoms with E-state index in [-0.39, 0.29) is 31.2 Å². The Labute approximate surface area is 246 Å². The van der Waals surface area contributed by atoms with Gasteiger partial charge in [-0.3, -0.25) is 9.67 Å². The molecule has 14 heteroatoms. The lowest BCUT2D eigenvalue weighted by atomic mass is 9.63. The van der Waals surface area contributed by atoms with Crippen LogP contribution in [0.15, 0.2) is 54.2 Å². The number of amidine groups is 1. The molecule has 1 atom stereocenters. The maximum Gasteiger partial charge on any atom is 0.257 e. The third-order valence-electron chi connectivity index (χ3n) is 8.25. The van der Waals surface area contributed by atoms with Gasteiger partial charge in [0, 0.05) is 56.5 Å². The highest BCUT2D eigenvalue weighted by Gasteiger charge is 2.56. The van der Waals surface area contributed by atoms with Crippen molar-refractivity contribution in [3.05, 3.63) is 54.9 Å². The minimum Gasteiger partial charge on any atom is -0.489 e. The summed E-state index contributed by atoms with van der Waals surface area (Å²) in [4.78, 5) is 20.1. The van der Waals surface area contributed by atoms with Crippen LogP contribution in [0.2, 0.25) is 0 Å². The molecule has 3 aliphatic rings. The Morgan fingerprint density at radius 3 is 2.60 bits per heavy atom. The molecule has 1 saturated heterocycles. The number of rotatable bonds is 8. The maximum atomic E-state index is 14.0. The number of aromatic nitrogens is 5. The topological polar surface area (TPSA) is 119 Å². The number of likely N-dealkylation sites (tertiary alicyclic amines) is 1. The predicted molar refractivity (Wildman–Crippen MR) is 153 cm³/mol. The number of piperidine rings is 1. The zero-order valence-electron chi connectivity index (χ0n) is 23.6. The molecule has 1 saturated carbocycles. The highest BCUT2D eigenvalue weighted by atomic mass is 19.3. The molecule has 2 aliphatic heterocycles. The van der Waals surface area contributed by atoms with Crippen LogP contribution in [0.1, 0.15) is 37.8 Å². The summed E-state index contributed by atoms with van der Waals surface area (Å²) in [5.74, 6) is -1.49. The monoisotopic (exact) mass is 599 g/mol. The van der Waals surface area contributed by atoms with Gasteiger partial charge in [0.25, 0.3) is 6.43 Å².